The van der Waals surface area contributed by atoms with E-state index in [9.17, 15) is 9.59 Å². The van der Waals surface area contributed by atoms with Gasteiger partial charge in [0, 0.05) is 17.1 Å². The van der Waals surface area contributed by atoms with Gasteiger partial charge in [-0.3, -0.25) is 14.6 Å². The summed E-state index contributed by atoms with van der Waals surface area (Å²) in [5.74, 6) is 0.749. The molecule has 2 aromatic rings. The van der Waals surface area contributed by atoms with Crippen molar-refractivity contribution < 1.29 is 14.3 Å². The third-order valence-corrected chi connectivity index (χ3v) is 6.55. The van der Waals surface area contributed by atoms with Crippen molar-refractivity contribution in [3.05, 3.63) is 58.6 Å². The normalized spacial score (nSPS) is 13.2. The van der Waals surface area contributed by atoms with Crippen molar-refractivity contribution in [2.75, 3.05) is 24.7 Å². The number of hydrogen-bond donors (Lipinski definition) is 2. The monoisotopic (exact) mass is 462 g/mol. The van der Waals surface area contributed by atoms with Crippen LogP contribution in [0.2, 0.25) is 5.02 Å². The van der Waals surface area contributed by atoms with Crippen molar-refractivity contribution in [1.82, 2.24) is 5.43 Å². The van der Waals surface area contributed by atoms with Crippen LogP contribution in [0.3, 0.4) is 0 Å². The molecule has 0 atom stereocenters. The molecule has 1 aliphatic heterocycles. The number of methoxy groups -OCH3 is 1. The van der Waals surface area contributed by atoms with E-state index >= 15 is 0 Å². The maximum atomic E-state index is 12.0. The fourth-order valence-corrected chi connectivity index (χ4v) is 4.66. The largest absolute Gasteiger partial charge is 0.496 e. The first kappa shape index (κ1) is 22.2. The molecule has 1 heterocycles. The number of hydrazone groups is 1. The zero-order valence-corrected chi connectivity index (χ0v) is 18.4. The van der Waals surface area contributed by atoms with Crippen LogP contribution in [0.5, 0.6) is 5.75 Å². The van der Waals surface area contributed by atoms with Crippen molar-refractivity contribution in [2.45, 2.75) is 5.75 Å². The Labute approximate surface area is 187 Å². The highest BCUT2D eigenvalue weighted by Crippen LogP contribution is 2.29. The summed E-state index contributed by atoms with van der Waals surface area (Å²) in [6.07, 6.45) is 1.47. The zero-order valence-electron chi connectivity index (χ0n) is 16.1. The van der Waals surface area contributed by atoms with Crippen LogP contribution in [0.15, 0.2) is 52.6 Å². The molecule has 3 rings (SSSR count). The second-order valence-corrected chi connectivity index (χ2v) is 8.70. The van der Waals surface area contributed by atoms with Gasteiger partial charge >= 0.3 is 11.8 Å². The minimum absolute atomic E-state index is 0.341. The molecule has 0 unspecified atom stereocenters. The predicted octanol–water partition coefficient (Wildman–Crippen LogP) is 3.77. The summed E-state index contributed by atoms with van der Waals surface area (Å²) in [5, 5.41) is 6.64. The van der Waals surface area contributed by atoms with E-state index in [-0.39, 0.29) is 0 Å². The smallest absolute Gasteiger partial charge is 0.329 e. The lowest BCUT2D eigenvalue weighted by Crippen LogP contribution is -2.32. The lowest BCUT2D eigenvalue weighted by molar-refractivity contribution is -0.136. The fraction of sp³-hybridized carbons (Fsp3) is 0.200. The summed E-state index contributed by atoms with van der Waals surface area (Å²) in [6, 6.07) is 12.2. The van der Waals surface area contributed by atoms with Crippen LogP contribution in [-0.2, 0) is 15.3 Å². The van der Waals surface area contributed by atoms with Crippen LogP contribution in [0.25, 0.3) is 0 Å². The Kier molecular flexibility index (Phi) is 8.18. The Morgan fingerprint density at radius 2 is 2.13 bits per heavy atom. The number of hydrogen-bond acceptors (Lipinski definition) is 7. The van der Waals surface area contributed by atoms with Crippen molar-refractivity contribution in [3.63, 3.8) is 0 Å². The Morgan fingerprint density at radius 3 is 2.87 bits per heavy atom. The number of halogens is 1. The molecule has 0 saturated carbocycles. The van der Waals surface area contributed by atoms with Crippen molar-refractivity contribution >= 4 is 63.2 Å². The highest BCUT2D eigenvalue weighted by molar-refractivity contribution is 8.38. The van der Waals surface area contributed by atoms with Crippen LogP contribution in [0.4, 0.5) is 5.69 Å². The maximum absolute atomic E-state index is 12.0. The molecule has 0 spiro atoms. The number of aliphatic imine (C=N–C) groups is 1. The van der Waals surface area contributed by atoms with Gasteiger partial charge in [0.15, 0.2) is 0 Å². The molecule has 2 aromatic carbocycles. The van der Waals surface area contributed by atoms with Crippen LogP contribution >= 0.6 is 35.1 Å². The minimum Gasteiger partial charge on any atom is -0.496 e. The Morgan fingerprint density at radius 1 is 1.30 bits per heavy atom. The Bertz CT molecular complexity index is 998. The van der Waals surface area contributed by atoms with Gasteiger partial charge in [0.1, 0.15) is 10.1 Å². The maximum Gasteiger partial charge on any atom is 0.329 e. The van der Waals surface area contributed by atoms with Gasteiger partial charge in [0.2, 0.25) is 0 Å². The third kappa shape index (κ3) is 6.25. The number of rotatable bonds is 6. The van der Waals surface area contributed by atoms with E-state index in [1.54, 1.807) is 54.9 Å². The van der Waals surface area contributed by atoms with E-state index in [0.717, 1.165) is 33.5 Å². The van der Waals surface area contributed by atoms with E-state index in [0.29, 0.717) is 16.5 Å². The standard InChI is InChI=1S/C20H19ClN4O3S2/c1-28-17-7-6-13(10-14(17)12-30-20-22-8-9-29-20)11-23-25-19(27)18(26)24-16-5-3-2-4-15(16)21/h2-7,10-11H,8-9,12H2,1H3,(H,24,26)(H,25,27). The summed E-state index contributed by atoms with van der Waals surface area (Å²) in [4.78, 5) is 28.3. The van der Waals surface area contributed by atoms with E-state index in [1.807, 2.05) is 18.2 Å². The van der Waals surface area contributed by atoms with Crippen LogP contribution < -0.4 is 15.5 Å². The van der Waals surface area contributed by atoms with Gasteiger partial charge in [-0.2, -0.15) is 5.10 Å². The molecule has 156 valence electrons. The second kappa shape index (κ2) is 11.1. The average molecular weight is 463 g/mol. The van der Waals surface area contributed by atoms with Gasteiger partial charge in [-0.15, -0.1) is 0 Å². The number of amides is 2. The molecule has 1 aliphatic rings. The van der Waals surface area contributed by atoms with Crippen LogP contribution in [0.1, 0.15) is 11.1 Å². The average Bonchev–Trinajstić information content (AvgIpc) is 3.27. The number of carbonyl (C=O) groups is 2. The number of carbonyl (C=O) groups excluding carboxylic acids is 2. The predicted molar refractivity (Wildman–Crippen MR) is 125 cm³/mol. The van der Waals surface area contributed by atoms with Gasteiger partial charge < -0.3 is 10.1 Å². The molecule has 2 N–H and O–H groups in total. The van der Waals surface area contributed by atoms with Gasteiger partial charge in [-0.1, -0.05) is 47.3 Å². The first-order valence-electron chi connectivity index (χ1n) is 8.92. The number of para-hydroxylation sites is 1. The number of nitrogens with one attached hydrogen (secondary N) is 2. The van der Waals surface area contributed by atoms with Crippen molar-refractivity contribution in [2.24, 2.45) is 10.1 Å². The second-order valence-electron chi connectivity index (χ2n) is 5.99. The number of nitrogens with zero attached hydrogens (tertiary/aromatic N) is 2. The van der Waals surface area contributed by atoms with Crippen molar-refractivity contribution in [3.8, 4) is 5.75 Å². The van der Waals surface area contributed by atoms with E-state index in [2.05, 4.69) is 20.8 Å². The molecule has 7 nitrogen and oxygen atoms in total. The SMILES string of the molecule is COc1ccc(C=NNC(=O)C(=O)Nc2ccccc2Cl)cc1CSC1=NCCS1. The Balaban J connectivity index is 1.58. The fourth-order valence-electron chi connectivity index (χ4n) is 2.49. The number of ether oxygens (including phenoxy) is 1. The molecule has 0 fully saturated rings. The van der Waals surface area contributed by atoms with Gasteiger partial charge in [-0.25, -0.2) is 5.43 Å². The van der Waals surface area contributed by atoms with Crippen molar-refractivity contribution in [1.29, 1.82) is 0 Å². The highest BCUT2D eigenvalue weighted by atomic mass is 35.5. The lowest BCUT2D eigenvalue weighted by Gasteiger charge is -2.09. The first-order valence-corrected chi connectivity index (χ1v) is 11.3. The molecule has 10 heteroatoms. The molecular weight excluding hydrogens is 444 g/mol. The summed E-state index contributed by atoms with van der Waals surface area (Å²) in [5.41, 5.74) is 4.32. The lowest BCUT2D eigenvalue weighted by atomic mass is 10.1. The number of benzene rings is 2. The summed E-state index contributed by atoms with van der Waals surface area (Å²) in [7, 11) is 1.62. The summed E-state index contributed by atoms with van der Waals surface area (Å²) >= 11 is 9.38. The van der Waals surface area contributed by atoms with Gasteiger partial charge in [-0.05, 0) is 35.9 Å². The van der Waals surface area contributed by atoms with Crippen LogP contribution in [0, 0.1) is 0 Å². The van der Waals surface area contributed by atoms with E-state index in [4.69, 9.17) is 16.3 Å². The zero-order chi connectivity index (χ0) is 21.3. The van der Waals surface area contributed by atoms with E-state index < -0.39 is 11.8 Å². The minimum atomic E-state index is -0.897. The van der Waals surface area contributed by atoms with E-state index in [1.165, 1.54) is 6.21 Å². The highest BCUT2D eigenvalue weighted by Gasteiger charge is 2.14. The molecule has 0 radical (unpaired) electrons. The molecule has 0 aliphatic carbocycles. The molecule has 0 bridgehead atoms. The summed E-state index contributed by atoms with van der Waals surface area (Å²) in [6.45, 7) is 0.862. The molecule has 30 heavy (non-hydrogen) atoms. The van der Waals surface area contributed by atoms with Gasteiger partial charge in [0.25, 0.3) is 0 Å². The molecular formula is C20H19ClN4O3S2. The van der Waals surface area contributed by atoms with Gasteiger partial charge in [0.05, 0.1) is 30.6 Å². The van der Waals surface area contributed by atoms with Crippen LogP contribution in [-0.4, -0.2) is 41.8 Å². The molecule has 0 aromatic heterocycles. The third-order valence-electron chi connectivity index (χ3n) is 3.92. The molecule has 2 amide bonds. The number of thioether (sulfide) groups is 2. The quantitative estimate of drug-likeness (QED) is 0.387. The first-order chi connectivity index (χ1) is 14.6. The molecule has 0 saturated heterocycles. The summed E-state index contributed by atoms with van der Waals surface area (Å²) < 4.78 is 6.49. The Hall–Kier alpha value is -2.49. The number of anilines is 1. The topological polar surface area (TPSA) is 92.1 Å².